The maximum Gasteiger partial charge on any atom is 0.256 e. The molecule has 0 aliphatic carbocycles. The van der Waals surface area contributed by atoms with E-state index in [-0.39, 0.29) is 23.0 Å². The third-order valence-corrected chi connectivity index (χ3v) is 4.85. The molecule has 0 bridgehead atoms. The standard InChI is InChI=1S/C17H22FNO3/c1-21-11-13-10-17(12-22-13)6-8-19(9-7-17)16(20)14-4-2-3-5-15(14)18/h2-5,13H,6-12H2,1H3/t13-/m0/s1. The maximum atomic E-state index is 13.7. The van der Waals surface area contributed by atoms with Crippen molar-refractivity contribution in [3.05, 3.63) is 35.6 Å². The van der Waals surface area contributed by atoms with Crippen molar-refractivity contribution in [3.8, 4) is 0 Å². The number of amides is 1. The zero-order valence-corrected chi connectivity index (χ0v) is 12.9. The highest BCUT2D eigenvalue weighted by Crippen LogP contribution is 2.42. The Morgan fingerprint density at radius 1 is 1.41 bits per heavy atom. The van der Waals surface area contributed by atoms with E-state index >= 15 is 0 Å². The molecule has 1 atom stereocenters. The number of hydrogen-bond acceptors (Lipinski definition) is 3. The average Bonchev–Trinajstić information content (AvgIpc) is 2.91. The maximum absolute atomic E-state index is 13.7. The van der Waals surface area contributed by atoms with Gasteiger partial charge in [-0.3, -0.25) is 4.79 Å². The van der Waals surface area contributed by atoms with Crippen LogP contribution in [0, 0.1) is 11.2 Å². The minimum absolute atomic E-state index is 0.162. The Hall–Kier alpha value is -1.46. The fourth-order valence-corrected chi connectivity index (χ4v) is 3.53. The fourth-order valence-electron chi connectivity index (χ4n) is 3.53. The Morgan fingerprint density at radius 3 is 2.82 bits per heavy atom. The highest BCUT2D eigenvalue weighted by molar-refractivity contribution is 5.94. The summed E-state index contributed by atoms with van der Waals surface area (Å²) in [6.45, 7) is 2.69. The molecule has 2 saturated heterocycles. The van der Waals surface area contributed by atoms with Gasteiger partial charge in [0.25, 0.3) is 5.91 Å². The first kappa shape index (κ1) is 15.4. The summed E-state index contributed by atoms with van der Waals surface area (Å²) in [5, 5.41) is 0. The van der Waals surface area contributed by atoms with Crippen LogP contribution in [-0.2, 0) is 9.47 Å². The molecular formula is C17H22FNO3. The number of benzene rings is 1. The van der Waals surface area contributed by atoms with Crippen LogP contribution < -0.4 is 0 Å². The topological polar surface area (TPSA) is 38.8 Å². The molecule has 0 unspecified atom stereocenters. The molecule has 4 nitrogen and oxygen atoms in total. The summed E-state index contributed by atoms with van der Waals surface area (Å²) in [6.07, 6.45) is 2.97. The van der Waals surface area contributed by atoms with Gasteiger partial charge < -0.3 is 14.4 Å². The van der Waals surface area contributed by atoms with Crippen LogP contribution in [0.5, 0.6) is 0 Å². The van der Waals surface area contributed by atoms with E-state index < -0.39 is 5.82 Å². The molecule has 0 saturated carbocycles. The number of ether oxygens (including phenoxy) is 2. The largest absolute Gasteiger partial charge is 0.382 e. The van der Waals surface area contributed by atoms with Crippen LogP contribution >= 0.6 is 0 Å². The third kappa shape index (κ3) is 3.01. The number of methoxy groups -OCH3 is 1. The number of hydrogen-bond donors (Lipinski definition) is 0. The van der Waals surface area contributed by atoms with Gasteiger partial charge in [-0.25, -0.2) is 4.39 Å². The summed E-state index contributed by atoms with van der Waals surface area (Å²) in [4.78, 5) is 14.2. The Labute approximate surface area is 130 Å². The van der Waals surface area contributed by atoms with Crippen LogP contribution in [0.25, 0.3) is 0 Å². The highest BCUT2D eigenvalue weighted by Gasteiger charge is 2.43. The summed E-state index contributed by atoms with van der Waals surface area (Å²) >= 11 is 0. The molecule has 0 aromatic heterocycles. The van der Waals surface area contributed by atoms with Gasteiger partial charge in [-0.1, -0.05) is 12.1 Å². The molecule has 1 aromatic rings. The van der Waals surface area contributed by atoms with E-state index in [9.17, 15) is 9.18 Å². The molecule has 2 aliphatic heterocycles. The first-order chi connectivity index (χ1) is 10.6. The Bertz CT molecular complexity index is 540. The zero-order chi connectivity index (χ0) is 15.6. The van der Waals surface area contributed by atoms with Crippen molar-refractivity contribution in [1.82, 2.24) is 4.90 Å². The lowest BCUT2D eigenvalue weighted by molar-refractivity contribution is 0.0280. The molecule has 2 heterocycles. The minimum Gasteiger partial charge on any atom is -0.382 e. The van der Waals surface area contributed by atoms with Crippen LogP contribution in [0.3, 0.4) is 0 Å². The summed E-state index contributed by atoms with van der Waals surface area (Å²) in [7, 11) is 1.68. The van der Waals surface area contributed by atoms with E-state index in [0.29, 0.717) is 19.7 Å². The van der Waals surface area contributed by atoms with Crippen molar-refractivity contribution < 1.29 is 18.7 Å². The van der Waals surface area contributed by atoms with Crippen molar-refractivity contribution in [3.63, 3.8) is 0 Å². The van der Waals surface area contributed by atoms with Gasteiger partial charge in [-0.2, -0.15) is 0 Å². The molecule has 0 radical (unpaired) electrons. The smallest absolute Gasteiger partial charge is 0.256 e. The van der Waals surface area contributed by atoms with E-state index in [1.807, 2.05) is 0 Å². The predicted molar refractivity (Wildman–Crippen MR) is 80.2 cm³/mol. The van der Waals surface area contributed by atoms with E-state index in [2.05, 4.69) is 0 Å². The lowest BCUT2D eigenvalue weighted by Gasteiger charge is -2.38. The van der Waals surface area contributed by atoms with Crippen molar-refractivity contribution in [2.24, 2.45) is 5.41 Å². The number of piperidine rings is 1. The molecule has 1 amide bonds. The van der Waals surface area contributed by atoms with E-state index in [1.165, 1.54) is 6.07 Å². The minimum atomic E-state index is -0.447. The van der Waals surface area contributed by atoms with Crippen molar-refractivity contribution >= 4 is 5.91 Å². The van der Waals surface area contributed by atoms with Gasteiger partial charge >= 0.3 is 0 Å². The van der Waals surface area contributed by atoms with Crippen LogP contribution in [0.2, 0.25) is 0 Å². The Morgan fingerprint density at radius 2 is 2.14 bits per heavy atom. The van der Waals surface area contributed by atoms with Crippen LogP contribution in [0.1, 0.15) is 29.6 Å². The number of carbonyl (C=O) groups excluding carboxylic acids is 1. The number of halogens is 1. The summed E-state index contributed by atoms with van der Waals surface area (Å²) in [5.41, 5.74) is 0.327. The van der Waals surface area contributed by atoms with Crippen LogP contribution in [0.4, 0.5) is 4.39 Å². The number of rotatable bonds is 3. The van der Waals surface area contributed by atoms with Crippen LogP contribution in [0.15, 0.2) is 24.3 Å². The molecule has 22 heavy (non-hydrogen) atoms. The molecule has 2 fully saturated rings. The number of nitrogens with zero attached hydrogens (tertiary/aromatic N) is 1. The number of likely N-dealkylation sites (tertiary alicyclic amines) is 1. The Balaban J connectivity index is 1.60. The van der Waals surface area contributed by atoms with Crippen molar-refractivity contribution in [2.75, 3.05) is 33.4 Å². The molecule has 0 N–H and O–H groups in total. The van der Waals surface area contributed by atoms with Gasteiger partial charge in [0.2, 0.25) is 0 Å². The number of carbonyl (C=O) groups is 1. The first-order valence-electron chi connectivity index (χ1n) is 7.78. The van der Waals surface area contributed by atoms with E-state index in [1.54, 1.807) is 30.2 Å². The molecule has 1 spiro atoms. The van der Waals surface area contributed by atoms with Crippen molar-refractivity contribution in [1.29, 1.82) is 0 Å². The molecular weight excluding hydrogens is 285 g/mol. The van der Waals surface area contributed by atoms with E-state index in [0.717, 1.165) is 25.9 Å². The second-order valence-electron chi connectivity index (χ2n) is 6.36. The van der Waals surface area contributed by atoms with Gasteiger partial charge in [0.05, 0.1) is 24.9 Å². The van der Waals surface area contributed by atoms with Gasteiger partial charge in [0.1, 0.15) is 5.82 Å². The van der Waals surface area contributed by atoms with E-state index in [4.69, 9.17) is 9.47 Å². The second kappa shape index (κ2) is 6.34. The monoisotopic (exact) mass is 307 g/mol. The zero-order valence-electron chi connectivity index (χ0n) is 12.9. The van der Waals surface area contributed by atoms with Gasteiger partial charge in [0, 0.05) is 20.2 Å². The van der Waals surface area contributed by atoms with Gasteiger partial charge in [0.15, 0.2) is 0 Å². The highest BCUT2D eigenvalue weighted by atomic mass is 19.1. The normalized spacial score (nSPS) is 23.9. The molecule has 3 rings (SSSR count). The predicted octanol–water partition coefficient (Wildman–Crippen LogP) is 2.48. The van der Waals surface area contributed by atoms with Gasteiger partial charge in [-0.05, 0) is 36.8 Å². The third-order valence-electron chi connectivity index (χ3n) is 4.85. The van der Waals surface area contributed by atoms with Crippen molar-refractivity contribution in [2.45, 2.75) is 25.4 Å². The summed E-state index contributed by atoms with van der Waals surface area (Å²) < 4.78 is 24.7. The Kier molecular flexibility index (Phi) is 4.45. The molecule has 1 aromatic carbocycles. The molecule has 5 heteroatoms. The lowest BCUT2D eigenvalue weighted by atomic mass is 9.76. The molecule has 120 valence electrons. The SMILES string of the molecule is COC[C@@H]1CC2(CCN(C(=O)c3ccccc3F)CC2)CO1. The summed E-state index contributed by atoms with van der Waals surface area (Å²) in [5.74, 6) is -0.655. The first-order valence-corrected chi connectivity index (χ1v) is 7.78. The average molecular weight is 307 g/mol. The van der Waals surface area contributed by atoms with Crippen LogP contribution in [-0.4, -0.2) is 50.3 Å². The molecule has 2 aliphatic rings. The van der Waals surface area contributed by atoms with Gasteiger partial charge in [-0.15, -0.1) is 0 Å². The summed E-state index contributed by atoms with van der Waals surface area (Å²) in [6, 6.07) is 6.18. The quantitative estimate of drug-likeness (QED) is 0.861. The second-order valence-corrected chi connectivity index (χ2v) is 6.36. The lowest BCUT2D eigenvalue weighted by Crippen LogP contribution is -2.43. The fraction of sp³-hybridized carbons (Fsp3) is 0.588.